The van der Waals surface area contributed by atoms with Crippen molar-refractivity contribution < 1.29 is 9.84 Å². The topological polar surface area (TPSA) is 32.7 Å². The van der Waals surface area contributed by atoms with Crippen LogP contribution in [0.4, 0.5) is 0 Å². The van der Waals surface area contributed by atoms with Crippen molar-refractivity contribution in [2.45, 2.75) is 38.9 Å². The van der Waals surface area contributed by atoms with Gasteiger partial charge in [0.25, 0.3) is 0 Å². The summed E-state index contributed by atoms with van der Waals surface area (Å²) in [5, 5.41) is 10.4. The van der Waals surface area contributed by atoms with Crippen LogP contribution in [0, 0.1) is 0 Å². The molecular weight excluding hydrogens is 238 g/mol. The van der Waals surface area contributed by atoms with Gasteiger partial charge in [0, 0.05) is 13.1 Å². The fourth-order valence-corrected chi connectivity index (χ4v) is 2.59. The van der Waals surface area contributed by atoms with Crippen LogP contribution in [0.1, 0.15) is 37.5 Å². The molecule has 106 valence electrons. The Morgan fingerprint density at radius 2 is 2.05 bits per heavy atom. The van der Waals surface area contributed by atoms with Crippen LogP contribution >= 0.6 is 0 Å². The highest BCUT2D eigenvalue weighted by atomic mass is 16.5. The highest BCUT2D eigenvalue weighted by molar-refractivity contribution is 5.25. The third-order valence-corrected chi connectivity index (χ3v) is 3.84. The molecule has 1 aliphatic heterocycles. The third-order valence-electron chi connectivity index (χ3n) is 3.84. The molecule has 1 N–H and O–H groups in total. The molecule has 3 heteroatoms. The van der Waals surface area contributed by atoms with E-state index in [-0.39, 0.29) is 6.10 Å². The molecule has 19 heavy (non-hydrogen) atoms. The van der Waals surface area contributed by atoms with Gasteiger partial charge in [-0.05, 0) is 24.1 Å². The molecule has 0 amide bonds. The first-order valence-corrected chi connectivity index (χ1v) is 7.35. The standard InChI is InChI=1S/C16H25NO2/c1-3-5-13-6-8-14(9-7-13)16(18)15-12-17(4-2)10-11-19-15/h6-9,15-16,18H,3-5,10-12H2,1-2H3. The number of rotatable bonds is 5. The second-order valence-electron chi connectivity index (χ2n) is 5.24. The predicted octanol–water partition coefficient (Wildman–Crippen LogP) is 2.39. The van der Waals surface area contributed by atoms with Crippen LogP contribution in [0.2, 0.25) is 0 Å². The quantitative estimate of drug-likeness (QED) is 0.885. The molecule has 1 heterocycles. The number of aryl methyl sites for hydroxylation is 1. The van der Waals surface area contributed by atoms with Gasteiger partial charge in [-0.2, -0.15) is 0 Å². The summed E-state index contributed by atoms with van der Waals surface area (Å²) in [4.78, 5) is 2.32. The summed E-state index contributed by atoms with van der Waals surface area (Å²) in [5.74, 6) is 0. The molecule has 0 aromatic heterocycles. The Balaban J connectivity index is 1.99. The lowest BCUT2D eigenvalue weighted by atomic mass is 10.0. The second kappa shape index (κ2) is 7.04. The third kappa shape index (κ3) is 3.78. The van der Waals surface area contributed by atoms with Crippen molar-refractivity contribution in [3.8, 4) is 0 Å². The summed E-state index contributed by atoms with van der Waals surface area (Å²) in [7, 11) is 0. The van der Waals surface area contributed by atoms with Crippen LogP contribution < -0.4 is 0 Å². The van der Waals surface area contributed by atoms with Crippen molar-refractivity contribution in [3.63, 3.8) is 0 Å². The van der Waals surface area contributed by atoms with Gasteiger partial charge in [-0.25, -0.2) is 0 Å². The van der Waals surface area contributed by atoms with Gasteiger partial charge in [0.2, 0.25) is 0 Å². The number of aliphatic hydroxyl groups excluding tert-OH is 1. The zero-order valence-corrected chi connectivity index (χ0v) is 12.0. The first-order valence-electron chi connectivity index (χ1n) is 7.35. The van der Waals surface area contributed by atoms with E-state index in [1.54, 1.807) is 0 Å². The summed E-state index contributed by atoms with van der Waals surface area (Å²) >= 11 is 0. The summed E-state index contributed by atoms with van der Waals surface area (Å²) in [5.41, 5.74) is 2.29. The van der Waals surface area contributed by atoms with E-state index in [9.17, 15) is 5.11 Å². The summed E-state index contributed by atoms with van der Waals surface area (Å²) in [6, 6.07) is 8.29. The van der Waals surface area contributed by atoms with Crippen LogP contribution in [0.3, 0.4) is 0 Å². The lowest BCUT2D eigenvalue weighted by Gasteiger charge is -2.34. The Bertz CT molecular complexity index is 377. The van der Waals surface area contributed by atoms with E-state index in [0.717, 1.165) is 38.0 Å². The number of hydrogen-bond acceptors (Lipinski definition) is 3. The van der Waals surface area contributed by atoms with Gasteiger partial charge < -0.3 is 9.84 Å². The van der Waals surface area contributed by atoms with Gasteiger partial charge in [-0.1, -0.05) is 44.5 Å². The minimum atomic E-state index is -0.523. The van der Waals surface area contributed by atoms with Crippen LogP contribution in [0.15, 0.2) is 24.3 Å². The molecule has 2 rings (SSSR count). The monoisotopic (exact) mass is 263 g/mol. The maximum atomic E-state index is 10.4. The van der Waals surface area contributed by atoms with E-state index in [4.69, 9.17) is 4.74 Å². The normalized spacial score (nSPS) is 22.4. The van der Waals surface area contributed by atoms with Crippen molar-refractivity contribution in [1.82, 2.24) is 4.90 Å². The molecule has 0 radical (unpaired) electrons. The van der Waals surface area contributed by atoms with E-state index >= 15 is 0 Å². The molecule has 1 fully saturated rings. The van der Waals surface area contributed by atoms with E-state index < -0.39 is 6.10 Å². The van der Waals surface area contributed by atoms with E-state index in [1.807, 2.05) is 12.1 Å². The van der Waals surface area contributed by atoms with Gasteiger partial charge in [0.05, 0.1) is 6.61 Å². The van der Waals surface area contributed by atoms with Crippen molar-refractivity contribution in [2.24, 2.45) is 0 Å². The molecule has 1 aromatic carbocycles. The molecule has 0 aliphatic carbocycles. The Morgan fingerprint density at radius 3 is 2.68 bits per heavy atom. The largest absolute Gasteiger partial charge is 0.386 e. The van der Waals surface area contributed by atoms with Crippen molar-refractivity contribution in [1.29, 1.82) is 0 Å². The van der Waals surface area contributed by atoms with Crippen LogP contribution in [-0.4, -0.2) is 42.4 Å². The molecule has 3 nitrogen and oxygen atoms in total. The van der Waals surface area contributed by atoms with Gasteiger partial charge >= 0.3 is 0 Å². The predicted molar refractivity (Wildman–Crippen MR) is 77.3 cm³/mol. The number of hydrogen-bond donors (Lipinski definition) is 1. The molecule has 0 bridgehead atoms. The van der Waals surface area contributed by atoms with Crippen LogP contribution in [0.5, 0.6) is 0 Å². The fraction of sp³-hybridized carbons (Fsp3) is 0.625. The first kappa shape index (κ1) is 14.5. The maximum Gasteiger partial charge on any atom is 0.106 e. The average Bonchev–Trinajstić information content (AvgIpc) is 2.48. The molecule has 1 saturated heterocycles. The Hall–Kier alpha value is -0.900. The Morgan fingerprint density at radius 1 is 1.32 bits per heavy atom. The van der Waals surface area contributed by atoms with Crippen molar-refractivity contribution in [3.05, 3.63) is 35.4 Å². The molecular formula is C16H25NO2. The molecule has 1 aliphatic rings. The summed E-state index contributed by atoms with van der Waals surface area (Å²) in [6.45, 7) is 7.83. The van der Waals surface area contributed by atoms with Gasteiger partial charge in [0.15, 0.2) is 0 Å². The van der Waals surface area contributed by atoms with Gasteiger partial charge in [0.1, 0.15) is 12.2 Å². The van der Waals surface area contributed by atoms with E-state index in [1.165, 1.54) is 5.56 Å². The number of ether oxygens (including phenoxy) is 1. The second-order valence-corrected chi connectivity index (χ2v) is 5.24. The molecule has 0 spiro atoms. The minimum Gasteiger partial charge on any atom is -0.386 e. The first-order chi connectivity index (χ1) is 9.24. The number of aliphatic hydroxyl groups is 1. The number of likely N-dealkylation sites (N-methyl/N-ethyl adjacent to an activating group) is 1. The van der Waals surface area contributed by atoms with Crippen molar-refractivity contribution in [2.75, 3.05) is 26.2 Å². The highest BCUT2D eigenvalue weighted by Crippen LogP contribution is 2.23. The highest BCUT2D eigenvalue weighted by Gasteiger charge is 2.27. The van der Waals surface area contributed by atoms with Gasteiger partial charge in [-0.15, -0.1) is 0 Å². The van der Waals surface area contributed by atoms with E-state index in [2.05, 4.69) is 30.9 Å². The smallest absolute Gasteiger partial charge is 0.106 e. The van der Waals surface area contributed by atoms with Crippen LogP contribution in [0.25, 0.3) is 0 Å². The maximum absolute atomic E-state index is 10.4. The zero-order chi connectivity index (χ0) is 13.7. The molecule has 0 saturated carbocycles. The lowest BCUT2D eigenvalue weighted by molar-refractivity contribution is -0.0888. The van der Waals surface area contributed by atoms with Gasteiger partial charge in [-0.3, -0.25) is 4.90 Å². The molecule has 2 unspecified atom stereocenters. The molecule has 1 aromatic rings. The van der Waals surface area contributed by atoms with Crippen molar-refractivity contribution >= 4 is 0 Å². The SMILES string of the molecule is CCCc1ccc(C(O)C2CN(CC)CCO2)cc1. The molecule has 2 atom stereocenters. The Labute approximate surface area is 116 Å². The number of benzene rings is 1. The minimum absolute atomic E-state index is 0.106. The number of morpholine rings is 1. The lowest BCUT2D eigenvalue weighted by Crippen LogP contribution is -2.44. The van der Waals surface area contributed by atoms with Crippen LogP contribution in [-0.2, 0) is 11.2 Å². The number of nitrogens with zero attached hydrogens (tertiary/aromatic N) is 1. The zero-order valence-electron chi connectivity index (χ0n) is 12.0. The van der Waals surface area contributed by atoms with E-state index in [0.29, 0.717) is 6.61 Å². The fourth-order valence-electron chi connectivity index (χ4n) is 2.59. The summed E-state index contributed by atoms with van der Waals surface area (Å²) in [6.07, 6.45) is 1.62. The summed E-state index contributed by atoms with van der Waals surface area (Å²) < 4.78 is 5.71. The Kier molecular flexibility index (Phi) is 5.37. The average molecular weight is 263 g/mol.